The summed E-state index contributed by atoms with van der Waals surface area (Å²) in [6.07, 6.45) is 6.73. The molecule has 88 valence electrons. The largest absolute Gasteiger partial charge is 0.206 e. The summed E-state index contributed by atoms with van der Waals surface area (Å²) in [6.45, 7) is 2.21. The van der Waals surface area contributed by atoms with Crippen LogP contribution in [0.5, 0.6) is 0 Å². The zero-order chi connectivity index (χ0) is 12.3. The van der Waals surface area contributed by atoms with E-state index in [-0.39, 0.29) is 5.56 Å². The molecule has 0 unspecified atom stereocenters. The Labute approximate surface area is 102 Å². The Morgan fingerprint density at radius 2 is 2.29 bits per heavy atom. The second-order valence-electron chi connectivity index (χ2n) is 4.58. The average molecular weight is 229 g/mol. The first kappa shape index (κ1) is 11.9. The van der Waals surface area contributed by atoms with E-state index < -0.39 is 5.82 Å². The van der Waals surface area contributed by atoms with Crippen molar-refractivity contribution in [1.82, 2.24) is 0 Å². The quantitative estimate of drug-likeness (QED) is 0.742. The van der Waals surface area contributed by atoms with Crippen LogP contribution in [-0.2, 0) is 0 Å². The third kappa shape index (κ3) is 2.55. The molecule has 0 saturated carbocycles. The lowest BCUT2D eigenvalue weighted by atomic mass is 9.85. The van der Waals surface area contributed by atoms with Crippen LogP contribution in [0.2, 0.25) is 0 Å². The predicted molar refractivity (Wildman–Crippen MR) is 66.7 cm³/mol. The van der Waals surface area contributed by atoms with E-state index in [1.165, 1.54) is 24.5 Å². The lowest BCUT2D eigenvalue weighted by Gasteiger charge is -2.20. The van der Waals surface area contributed by atoms with E-state index >= 15 is 0 Å². The summed E-state index contributed by atoms with van der Waals surface area (Å²) in [7, 11) is 0. The van der Waals surface area contributed by atoms with Gasteiger partial charge in [0, 0.05) is 0 Å². The predicted octanol–water partition coefficient (Wildman–Crippen LogP) is 4.29. The minimum absolute atomic E-state index is 0.122. The lowest BCUT2D eigenvalue weighted by molar-refractivity contribution is 0.470. The molecule has 1 atom stereocenters. The normalized spacial score (nSPS) is 19.6. The molecule has 0 aromatic heterocycles. The first-order chi connectivity index (χ1) is 8.24. The molecular weight excluding hydrogens is 213 g/mol. The maximum Gasteiger partial charge on any atom is 0.141 e. The van der Waals surface area contributed by atoms with Crippen LogP contribution in [0.15, 0.2) is 24.3 Å². The molecule has 0 heterocycles. The van der Waals surface area contributed by atoms with E-state index in [0.29, 0.717) is 0 Å². The number of nitriles is 1. The van der Waals surface area contributed by atoms with Crippen molar-refractivity contribution in [2.75, 3.05) is 0 Å². The third-order valence-corrected chi connectivity index (χ3v) is 3.56. The highest BCUT2D eigenvalue weighted by molar-refractivity contribution is 5.66. The molecular formula is C15H16FN. The van der Waals surface area contributed by atoms with E-state index in [9.17, 15) is 4.39 Å². The fourth-order valence-corrected chi connectivity index (χ4v) is 2.33. The highest BCUT2D eigenvalue weighted by Gasteiger charge is 2.14. The van der Waals surface area contributed by atoms with E-state index in [4.69, 9.17) is 5.26 Å². The van der Waals surface area contributed by atoms with Crippen LogP contribution < -0.4 is 0 Å². The molecule has 1 aliphatic rings. The first-order valence-corrected chi connectivity index (χ1v) is 6.13. The molecule has 2 heteroatoms. The summed E-state index contributed by atoms with van der Waals surface area (Å²) in [5.41, 5.74) is 2.27. The van der Waals surface area contributed by atoms with Crippen molar-refractivity contribution in [3.05, 3.63) is 41.2 Å². The molecule has 1 aromatic carbocycles. The topological polar surface area (TPSA) is 23.8 Å². The van der Waals surface area contributed by atoms with Crippen LogP contribution in [-0.4, -0.2) is 0 Å². The second kappa shape index (κ2) is 5.14. The molecule has 17 heavy (non-hydrogen) atoms. The summed E-state index contributed by atoms with van der Waals surface area (Å²) in [6, 6.07) is 6.74. The molecule has 0 bridgehead atoms. The Bertz CT molecular complexity index is 482. The van der Waals surface area contributed by atoms with Crippen molar-refractivity contribution in [1.29, 1.82) is 5.26 Å². The van der Waals surface area contributed by atoms with Gasteiger partial charge in [-0.3, -0.25) is 0 Å². The first-order valence-electron chi connectivity index (χ1n) is 6.13. The van der Waals surface area contributed by atoms with Crippen molar-refractivity contribution in [3.63, 3.8) is 0 Å². The summed E-state index contributed by atoms with van der Waals surface area (Å²) in [4.78, 5) is 0. The van der Waals surface area contributed by atoms with Crippen molar-refractivity contribution in [2.24, 2.45) is 5.92 Å². The smallest absolute Gasteiger partial charge is 0.141 e. The van der Waals surface area contributed by atoms with Gasteiger partial charge in [-0.25, -0.2) is 4.39 Å². The highest BCUT2D eigenvalue weighted by atomic mass is 19.1. The number of nitrogens with zero attached hydrogens (tertiary/aromatic N) is 1. The van der Waals surface area contributed by atoms with Gasteiger partial charge >= 0.3 is 0 Å². The van der Waals surface area contributed by atoms with Crippen LogP contribution in [0.3, 0.4) is 0 Å². The molecule has 0 saturated heterocycles. The Hall–Kier alpha value is -1.62. The maximum absolute atomic E-state index is 13.5. The van der Waals surface area contributed by atoms with Crippen LogP contribution in [0.1, 0.15) is 43.7 Å². The number of halogens is 1. The summed E-state index contributed by atoms with van der Waals surface area (Å²) in [5, 5.41) is 8.68. The van der Waals surface area contributed by atoms with Crippen LogP contribution in [0.4, 0.5) is 4.39 Å². The molecule has 0 N–H and O–H groups in total. The molecule has 1 nitrogen and oxygen atoms in total. The standard InChI is InChI=1S/C15H16FN/c1-2-11-3-5-12(6-4-11)13-7-8-14(10-17)15(16)9-13/h5,7-9,11H,2-4,6H2,1H3/t11-/m1/s1. The van der Waals surface area contributed by atoms with Crippen molar-refractivity contribution >= 4 is 5.57 Å². The Morgan fingerprint density at radius 1 is 1.47 bits per heavy atom. The summed E-state index contributed by atoms with van der Waals surface area (Å²) in [5.74, 6) is 0.366. The SMILES string of the molecule is CC[C@@H]1CC=C(c2ccc(C#N)c(F)c2)CC1. The minimum Gasteiger partial charge on any atom is -0.206 e. The number of allylic oxidation sites excluding steroid dienone is 2. The average Bonchev–Trinajstić information content (AvgIpc) is 2.39. The van der Waals surface area contributed by atoms with Gasteiger partial charge in [0.2, 0.25) is 0 Å². The molecule has 0 radical (unpaired) electrons. The van der Waals surface area contributed by atoms with Gasteiger partial charge in [0.25, 0.3) is 0 Å². The van der Waals surface area contributed by atoms with E-state index in [1.54, 1.807) is 6.07 Å². The lowest BCUT2D eigenvalue weighted by Crippen LogP contribution is -2.04. The van der Waals surface area contributed by atoms with Crippen LogP contribution in [0, 0.1) is 23.1 Å². The molecule has 0 fully saturated rings. The Morgan fingerprint density at radius 3 is 2.82 bits per heavy atom. The van der Waals surface area contributed by atoms with Crippen LogP contribution >= 0.6 is 0 Å². The molecule has 0 spiro atoms. The van der Waals surface area contributed by atoms with Gasteiger partial charge in [0.15, 0.2) is 0 Å². The maximum atomic E-state index is 13.5. The van der Waals surface area contributed by atoms with Gasteiger partial charge in [-0.1, -0.05) is 25.5 Å². The number of hydrogen-bond donors (Lipinski definition) is 0. The zero-order valence-corrected chi connectivity index (χ0v) is 10.0. The van der Waals surface area contributed by atoms with Gasteiger partial charge in [-0.2, -0.15) is 5.26 Å². The molecule has 0 amide bonds. The van der Waals surface area contributed by atoms with Gasteiger partial charge in [-0.15, -0.1) is 0 Å². The molecule has 1 aromatic rings. The number of hydrogen-bond acceptors (Lipinski definition) is 1. The highest BCUT2D eigenvalue weighted by Crippen LogP contribution is 2.32. The van der Waals surface area contributed by atoms with Gasteiger partial charge < -0.3 is 0 Å². The summed E-state index contributed by atoms with van der Waals surface area (Å²) >= 11 is 0. The fraction of sp³-hybridized carbons (Fsp3) is 0.400. The number of benzene rings is 1. The fourth-order valence-electron chi connectivity index (χ4n) is 2.33. The number of rotatable bonds is 2. The molecule has 1 aliphatic carbocycles. The van der Waals surface area contributed by atoms with E-state index in [2.05, 4.69) is 13.0 Å². The third-order valence-electron chi connectivity index (χ3n) is 3.56. The minimum atomic E-state index is -0.413. The Balaban J connectivity index is 2.22. The van der Waals surface area contributed by atoms with Crippen molar-refractivity contribution in [2.45, 2.75) is 32.6 Å². The Kier molecular flexibility index (Phi) is 3.58. The molecule has 0 aliphatic heterocycles. The van der Waals surface area contributed by atoms with E-state index in [1.807, 2.05) is 12.1 Å². The monoisotopic (exact) mass is 229 g/mol. The van der Waals surface area contributed by atoms with Gasteiger partial charge in [-0.05, 0) is 48.4 Å². The van der Waals surface area contributed by atoms with Crippen LogP contribution in [0.25, 0.3) is 5.57 Å². The van der Waals surface area contributed by atoms with Crippen molar-refractivity contribution in [3.8, 4) is 6.07 Å². The summed E-state index contributed by atoms with van der Waals surface area (Å²) < 4.78 is 13.5. The second-order valence-corrected chi connectivity index (χ2v) is 4.58. The molecule has 2 rings (SSSR count). The van der Waals surface area contributed by atoms with Crippen molar-refractivity contribution < 1.29 is 4.39 Å². The van der Waals surface area contributed by atoms with Gasteiger partial charge in [0.1, 0.15) is 11.9 Å². The zero-order valence-electron chi connectivity index (χ0n) is 10.0. The van der Waals surface area contributed by atoms with Gasteiger partial charge in [0.05, 0.1) is 5.56 Å². The van der Waals surface area contributed by atoms with E-state index in [0.717, 1.165) is 24.3 Å².